The predicted molar refractivity (Wildman–Crippen MR) is 94.9 cm³/mol. The maximum Gasteiger partial charge on any atom is 0.435 e. The minimum atomic E-state index is -4.63. The van der Waals surface area contributed by atoms with Crippen molar-refractivity contribution < 1.29 is 26.7 Å². The van der Waals surface area contributed by atoms with E-state index in [4.69, 9.17) is 5.73 Å². The number of aromatic nitrogens is 3. The molecule has 0 saturated carbocycles. The van der Waals surface area contributed by atoms with E-state index in [1.54, 1.807) is 0 Å². The average molecular weight is 411 g/mol. The smallest absolute Gasteiger partial charge is 0.383 e. The van der Waals surface area contributed by atoms with Gasteiger partial charge in [0.2, 0.25) is 0 Å². The van der Waals surface area contributed by atoms with Gasteiger partial charge in [0, 0.05) is 12.6 Å². The number of halogens is 5. The summed E-state index contributed by atoms with van der Waals surface area (Å²) in [6.45, 7) is 1.35. The highest BCUT2D eigenvalue weighted by Gasteiger charge is 2.35. The molecular formula is C18H14F5N5O. The van der Waals surface area contributed by atoms with Crippen molar-refractivity contribution in [1.29, 1.82) is 0 Å². The van der Waals surface area contributed by atoms with Gasteiger partial charge in [-0.2, -0.15) is 18.3 Å². The molecule has 0 spiro atoms. The van der Waals surface area contributed by atoms with Crippen LogP contribution in [0.2, 0.25) is 0 Å². The Bertz CT molecular complexity index is 1110. The number of carbonyl (C=O) groups is 1. The zero-order valence-corrected chi connectivity index (χ0v) is 15.1. The van der Waals surface area contributed by atoms with Crippen LogP contribution in [0.4, 0.5) is 33.6 Å². The Hall–Kier alpha value is -3.50. The molecule has 1 amide bonds. The number of nitrogens with zero attached hydrogens (tertiary/aromatic N) is 3. The van der Waals surface area contributed by atoms with Gasteiger partial charge in [-0.1, -0.05) is 6.07 Å². The number of aryl methyl sites for hydroxylation is 2. The third kappa shape index (κ3) is 3.89. The van der Waals surface area contributed by atoms with E-state index in [9.17, 15) is 26.7 Å². The van der Waals surface area contributed by atoms with Crippen LogP contribution in [-0.2, 0) is 13.2 Å². The van der Waals surface area contributed by atoms with Gasteiger partial charge in [0.25, 0.3) is 5.91 Å². The molecule has 11 heteroatoms. The quantitative estimate of drug-likeness (QED) is 0.640. The number of nitrogens with one attached hydrogen (secondary N) is 1. The number of anilines is 2. The fourth-order valence-corrected chi connectivity index (χ4v) is 2.62. The molecule has 0 aliphatic heterocycles. The third-order valence-electron chi connectivity index (χ3n) is 4.13. The highest BCUT2D eigenvalue weighted by atomic mass is 19.4. The molecule has 29 heavy (non-hydrogen) atoms. The number of nitrogens with two attached hydrogens (primary N) is 1. The third-order valence-corrected chi connectivity index (χ3v) is 4.13. The van der Waals surface area contributed by atoms with Crippen molar-refractivity contribution in [1.82, 2.24) is 14.8 Å². The Morgan fingerprint density at radius 1 is 1.14 bits per heavy atom. The highest BCUT2D eigenvalue weighted by molar-refractivity contribution is 6.04. The molecule has 3 aromatic rings. The molecule has 0 bridgehead atoms. The van der Waals surface area contributed by atoms with Crippen LogP contribution in [-0.4, -0.2) is 20.7 Å². The van der Waals surface area contributed by atoms with Crippen LogP contribution in [0.15, 0.2) is 30.3 Å². The van der Waals surface area contributed by atoms with E-state index in [0.29, 0.717) is 0 Å². The zero-order chi connectivity index (χ0) is 21.5. The molecule has 0 fully saturated rings. The first kappa shape index (κ1) is 20.2. The lowest BCUT2D eigenvalue weighted by atomic mass is 10.1. The lowest BCUT2D eigenvalue weighted by Gasteiger charge is -2.10. The number of hydrogen-bond donors (Lipinski definition) is 2. The van der Waals surface area contributed by atoms with Gasteiger partial charge in [0.1, 0.15) is 11.6 Å². The minimum absolute atomic E-state index is 0.0418. The molecule has 3 N–H and O–H groups in total. The van der Waals surface area contributed by atoms with Gasteiger partial charge in [0.05, 0.1) is 11.3 Å². The lowest BCUT2D eigenvalue weighted by molar-refractivity contribution is -0.141. The fourth-order valence-electron chi connectivity index (χ4n) is 2.62. The second-order valence-corrected chi connectivity index (χ2v) is 6.18. The largest absolute Gasteiger partial charge is 0.435 e. The van der Waals surface area contributed by atoms with Gasteiger partial charge in [-0.15, -0.1) is 0 Å². The second kappa shape index (κ2) is 7.15. The zero-order valence-electron chi connectivity index (χ0n) is 15.1. The molecule has 0 unspecified atom stereocenters. The molecule has 0 aliphatic rings. The number of hydrogen-bond acceptors (Lipinski definition) is 4. The Morgan fingerprint density at radius 2 is 1.83 bits per heavy atom. The van der Waals surface area contributed by atoms with Crippen LogP contribution < -0.4 is 11.1 Å². The SMILES string of the molecule is Cc1ccc(C(=O)Nc2ccc(-c3cc(C(F)(F)F)nn3C)c(N)n2)c(F)c1F. The molecule has 0 radical (unpaired) electrons. The highest BCUT2D eigenvalue weighted by Crippen LogP contribution is 2.33. The van der Waals surface area contributed by atoms with E-state index >= 15 is 0 Å². The molecule has 152 valence electrons. The first-order valence-corrected chi connectivity index (χ1v) is 8.13. The summed E-state index contributed by atoms with van der Waals surface area (Å²) < 4.78 is 67.1. The molecule has 1 aromatic carbocycles. The number of alkyl halides is 3. The molecule has 6 nitrogen and oxygen atoms in total. The van der Waals surface area contributed by atoms with Gasteiger partial charge < -0.3 is 11.1 Å². The number of rotatable bonds is 3. The Morgan fingerprint density at radius 3 is 2.41 bits per heavy atom. The first-order chi connectivity index (χ1) is 13.5. The van der Waals surface area contributed by atoms with Crippen molar-refractivity contribution in [2.24, 2.45) is 7.05 Å². The molecular weight excluding hydrogens is 397 g/mol. The second-order valence-electron chi connectivity index (χ2n) is 6.18. The van der Waals surface area contributed by atoms with Crippen LogP contribution >= 0.6 is 0 Å². The molecule has 0 atom stereocenters. The molecule has 0 saturated heterocycles. The molecule has 2 aromatic heterocycles. The van der Waals surface area contributed by atoms with Gasteiger partial charge in [-0.25, -0.2) is 13.8 Å². The van der Waals surface area contributed by atoms with Gasteiger partial charge in [-0.3, -0.25) is 9.48 Å². The number of pyridine rings is 1. The minimum Gasteiger partial charge on any atom is -0.383 e. The van der Waals surface area contributed by atoms with Crippen LogP contribution in [0.25, 0.3) is 11.3 Å². The van der Waals surface area contributed by atoms with E-state index in [1.165, 1.54) is 32.2 Å². The first-order valence-electron chi connectivity index (χ1n) is 8.13. The Kier molecular flexibility index (Phi) is 4.99. The normalized spacial score (nSPS) is 11.6. The van der Waals surface area contributed by atoms with Crippen LogP contribution in [0.3, 0.4) is 0 Å². The van der Waals surface area contributed by atoms with E-state index in [-0.39, 0.29) is 28.5 Å². The number of carbonyl (C=O) groups excluding carboxylic acids is 1. The van der Waals surface area contributed by atoms with E-state index in [2.05, 4.69) is 15.4 Å². The lowest BCUT2D eigenvalue weighted by Crippen LogP contribution is -2.16. The summed E-state index contributed by atoms with van der Waals surface area (Å²) in [5.74, 6) is -3.68. The van der Waals surface area contributed by atoms with Crippen molar-refractivity contribution in [3.8, 4) is 11.3 Å². The molecule has 3 rings (SSSR count). The topological polar surface area (TPSA) is 85.8 Å². The van der Waals surface area contributed by atoms with E-state index < -0.39 is 35.0 Å². The number of benzene rings is 1. The summed E-state index contributed by atoms with van der Waals surface area (Å²) in [6.07, 6.45) is -4.63. The van der Waals surface area contributed by atoms with Crippen LogP contribution in [0.5, 0.6) is 0 Å². The molecule has 2 heterocycles. The van der Waals surface area contributed by atoms with Crippen LogP contribution in [0.1, 0.15) is 21.6 Å². The van der Waals surface area contributed by atoms with Crippen molar-refractivity contribution in [3.63, 3.8) is 0 Å². The summed E-state index contributed by atoms with van der Waals surface area (Å²) in [7, 11) is 1.31. The Balaban J connectivity index is 1.88. The monoisotopic (exact) mass is 411 g/mol. The standard InChI is InChI=1S/C18H14F5N5O/c1-8-3-4-10(15(20)14(8)19)17(29)26-13-6-5-9(16(24)25-13)11-7-12(18(21,22)23)27-28(11)2/h3-7H,1-2H3,(H3,24,25,26,29). The maximum absolute atomic E-state index is 13.9. The number of amides is 1. The van der Waals surface area contributed by atoms with Crippen LogP contribution in [0, 0.1) is 18.6 Å². The van der Waals surface area contributed by atoms with Gasteiger partial charge in [0.15, 0.2) is 17.3 Å². The predicted octanol–water partition coefficient (Wildman–Crippen LogP) is 3.92. The van der Waals surface area contributed by atoms with Crippen molar-refractivity contribution >= 4 is 17.5 Å². The van der Waals surface area contributed by atoms with Crippen molar-refractivity contribution in [2.75, 3.05) is 11.1 Å². The molecule has 0 aliphatic carbocycles. The average Bonchev–Trinajstić information content (AvgIpc) is 3.02. The fraction of sp³-hybridized carbons (Fsp3) is 0.167. The summed E-state index contributed by atoms with van der Waals surface area (Å²) >= 11 is 0. The van der Waals surface area contributed by atoms with Crippen molar-refractivity contribution in [2.45, 2.75) is 13.1 Å². The summed E-state index contributed by atoms with van der Waals surface area (Å²) in [5, 5.41) is 5.67. The summed E-state index contributed by atoms with van der Waals surface area (Å²) in [6, 6.07) is 5.79. The van der Waals surface area contributed by atoms with Crippen molar-refractivity contribution in [3.05, 3.63) is 58.8 Å². The van der Waals surface area contributed by atoms with Gasteiger partial charge >= 0.3 is 6.18 Å². The Labute approximate surface area is 161 Å². The van der Waals surface area contributed by atoms with E-state index in [0.717, 1.165) is 16.8 Å². The summed E-state index contributed by atoms with van der Waals surface area (Å²) in [5.41, 5.74) is 4.44. The summed E-state index contributed by atoms with van der Waals surface area (Å²) in [4.78, 5) is 16.1. The number of nitrogen functional groups attached to an aromatic ring is 1. The van der Waals surface area contributed by atoms with Gasteiger partial charge in [-0.05, 0) is 36.8 Å². The van der Waals surface area contributed by atoms with E-state index in [1.807, 2.05) is 0 Å². The maximum atomic E-state index is 13.9.